The number of aliphatic imine (C=N–C) groups is 1. The molecule has 0 fully saturated rings. The van der Waals surface area contributed by atoms with Crippen molar-refractivity contribution in [1.82, 2.24) is 4.72 Å². The Hall–Kier alpha value is -2.33. The molecule has 0 radical (unpaired) electrons. The fraction of sp³-hybridized carbons (Fsp3) is 0.600. The number of ether oxygens (including phenoxy) is 2. The lowest BCUT2D eigenvalue weighted by Gasteiger charge is -2.21. The van der Waals surface area contributed by atoms with Crippen LogP contribution in [0, 0.1) is 20.8 Å². The van der Waals surface area contributed by atoms with Crippen LogP contribution in [0.3, 0.4) is 0 Å². The molecule has 0 aliphatic heterocycles. The van der Waals surface area contributed by atoms with E-state index in [0.717, 1.165) is 12.0 Å². The number of rotatable bonds is 12. The molecule has 0 bridgehead atoms. The molecule has 0 aliphatic rings. The van der Waals surface area contributed by atoms with E-state index in [0.29, 0.717) is 29.7 Å². The van der Waals surface area contributed by atoms with Gasteiger partial charge in [-0.15, -0.1) is 0 Å². The highest BCUT2D eigenvalue weighted by atomic mass is 32.2. The van der Waals surface area contributed by atoms with Crippen molar-refractivity contribution in [3.05, 3.63) is 22.8 Å². The highest BCUT2D eigenvalue weighted by Crippen LogP contribution is 2.30. The Morgan fingerprint density at radius 3 is 2.43 bits per heavy atom. The molecule has 0 spiro atoms. The van der Waals surface area contributed by atoms with Crippen LogP contribution in [0.15, 0.2) is 16.0 Å². The number of nitrogens with zero attached hydrogens (tertiary/aromatic N) is 1. The van der Waals surface area contributed by atoms with Crippen LogP contribution >= 0.6 is 0 Å². The topological polar surface area (TPSA) is 146 Å². The normalized spacial score (nSPS) is 12.3. The van der Waals surface area contributed by atoms with Gasteiger partial charge in [0.15, 0.2) is 5.96 Å². The van der Waals surface area contributed by atoms with E-state index in [1.54, 1.807) is 26.8 Å². The monoisotopic (exact) mass is 442 g/mol. The Labute approximate surface area is 179 Å². The van der Waals surface area contributed by atoms with Crippen LogP contribution in [-0.4, -0.2) is 46.6 Å². The molecule has 1 atom stereocenters. The summed E-state index contributed by atoms with van der Waals surface area (Å²) in [7, 11) is -2.45. The van der Waals surface area contributed by atoms with Gasteiger partial charge < -0.3 is 20.9 Å². The molecular weight excluding hydrogens is 408 g/mol. The first-order chi connectivity index (χ1) is 14.0. The molecule has 0 unspecified atom stereocenters. The maximum atomic E-state index is 13.2. The SMILES string of the molecule is CCCCOC(=O)[C@H](CCCN=C(N)N)NS(=O)(=O)c1c(C)cc(OC)c(C)c1C. The summed E-state index contributed by atoms with van der Waals surface area (Å²) in [5.74, 6) is -0.0633. The highest BCUT2D eigenvalue weighted by Gasteiger charge is 2.29. The second kappa shape index (κ2) is 11.8. The van der Waals surface area contributed by atoms with Crippen molar-refractivity contribution in [2.45, 2.75) is 64.3 Å². The summed E-state index contributed by atoms with van der Waals surface area (Å²) in [5, 5.41) is 0. The number of aryl methyl sites for hydroxylation is 1. The summed E-state index contributed by atoms with van der Waals surface area (Å²) >= 11 is 0. The van der Waals surface area contributed by atoms with Crippen LogP contribution in [0.1, 0.15) is 49.3 Å². The van der Waals surface area contributed by atoms with E-state index in [1.165, 1.54) is 7.11 Å². The van der Waals surface area contributed by atoms with E-state index in [1.807, 2.05) is 6.92 Å². The number of hydrogen-bond acceptors (Lipinski definition) is 6. The van der Waals surface area contributed by atoms with Gasteiger partial charge in [-0.05, 0) is 62.8 Å². The van der Waals surface area contributed by atoms with E-state index in [9.17, 15) is 13.2 Å². The number of nitrogens with one attached hydrogen (secondary N) is 1. The van der Waals surface area contributed by atoms with Crippen LogP contribution in [0.5, 0.6) is 5.75 Å². The third-order valence-electron chi connectivity index (χ3n) is 4.74. The number of unbranched alkanes of at least 4 members (excludes halogenated alkanes) is 1. The number of hydrogen-bond donors (Lipinski definition) is 3. The van der Waals surface area contributed by atoms with Crippen LogP contribution < -0.4 is 20.9 Å². The molecule has 30 heavy (non-hydrogen) atoms. The Kier molecular flexibility index (Phi) is 10.1. The predicted octanol–water partition coefficient (Wildman–Crippen LogP) is 1.66. The van der Waals surface area contributed by atoms with Gasteiger partial charge in [-0.1, -0.05) is 13.3 Å². The summed E-state index contributed by atoms with van der Waals surface area (Å²) in [4.78, 5) is 16.5. The van der Waals surface area contributed by atoms with Gasteiger partial charge in [0.05, 0.1) is 18.6 Å². The molecule has 0 aromatic heterocycles. The summed E-state index contributed by atoms with van der Waals surface area (Å²) in [6, 6.07) is 0.631. The summed E-state index contributed by atoms with van der Waals surface area (Å²) in [6.45, 7) is 7.69. The minimum absolute atomic E-state index is 0.0578. The van der Waals surface area contributed by atoms with Crippen LogP contribution in [0.2, 0.25) is 0 Å². The second-order valence-corrected chi connectivity index (χ2v) is 8.77. The molecule has 1 aromatic rings. The van der Waals surface area contributed by atoms with Gasteiger partial charge in [0.2, 0.25) is 10.0 Å². The lowest BCUT2D eigenvalue weighted by molar-refractivity contribution is -0.146. The lowest BCUT2D eigenvalue weighted by atomic mass is 10.1. The molecule has 5 N–H and O–H groups in total. The third-order valence-corrected chi connectivity index (χ3v) is 6.50. The molecule has 1 aromatic carbocycles. The molecular formula is C20H34N4O5S. The van der Waals surface area contributed by atoms with Crippen LogP contribution in [0.25, 0.3) is 0 Å². The van der Waals surface area contributed by atoms with Gasteiger partial charge in [-0.25, -0.2) is 8.42 Å². The maximum Gasteiger partial charge on any atom is 0.324 e. The average molecular weight is 443 g/mol. The standard InChI is InChI=1S/C20H34N4O5S/c1-6-7-11-29-19(25)16(9-8-10-23-20(21)22)24-30(26,27)18-13(2)12-17(28-5)14(3)15(18)4/h12,16,24H,6-11H2,1-5H3,(H4,21,22,23)/t16-/m0/s1. The van der Waals surface area contributed by atoms with Gasteiger partial charge in [0.25, 0.3) is 0 Å². The first-order valence-corrected chi connectivity index (χ1v) is 11.4. The molecule has 10 heteroatoms. The first kappa shape index (κ1) is 25.7. The van der Waals surface area contributed by atoms with Gasteiger partial charge in [-0.3, -0.25) is 9.79 Å². The van der Waals surface area contributed by atoms with Crippen molar-refractivity contribution in [3.63, 3.8) is 0 Å². The minimum atomic E-state index is -3.99. The number of carbonyl (C=O) groups is 1. The van der Waals surface area contributed by atoms with Crippen LogP contribution in [0.4, 0.5) is 0 Å². The van der Waals surface area contributed by atoms with Crippen LogP contribution in [-0.2, 0) is 19.6 Å². The Bertz CT molecular complexity index is 864. The zero-order valence-corrected chi connectivity index (χ0v) is 19.3. The van der Waals surface area contributed by atoms with E-state index in [4.69, 9.17) is 20.9 Å². The fourth-order valence-electron chi connectivity index (χ4n) is 3.04. The van der Waals surface area contributed by atoms with E-state index >= 15 is 0 Å². The van der Waals surface area contributed by atoms with Gasteiger partial charge in [0.1, 0.15) is 11.8 Å². The van der Waals surface area contributed by atoms with E-state index < -0.39 is 22.0 Å². The molecule has 0 saturated heterocycles. The molecule has 0 heterocycles. The predicted molar refractivity (Wildman–Crippen MR) is 117 cm³/mol. The van der Waals surface area contributed by atoms with Gasteiger partial charge in [0, 0.05) is 6.54 Å². The summed E-state index contributed by atoms with van der Waals surface area (Å²) < 4.78 is 39.5. The highest BCUT2D eigenvalue weighted by molar-refractivity contribution is 7.89. The molecule has 0 amide bonds. The Morgan fingerprint density at radius 2 is 1.87 bits per heavy atom. The fourth-order valence-corrected chi connectivity index (χ4v) is 4.78. The van der Waals surface area contributed by atoms with Crippen molar-refractivity contribution in [2.24, 2.45) is 16.5 Å². The largest absolute Gasteiger partial charge is 0.496 e. The van der Waals surface area contributed by atoms with Crippen molar-refractivity contribution >= 4 is 22.0 Å². The van der Waals surface area contributed by atoms with E-state index in [2.05, 4.69) is 9.71 Å². The minimum Gasteiger partial charge on any atom is -0.496 e. The number of guanidine groups is 1. The third kappa shape index (κ3) is 7.17. The number of nitrogens with two attached hydrogens (primary N) is 2. The van der Waals surface area contributed by atoms with Crippen molar-refractivity contribution < 1.29 is 22.7 Å². The Balaban J connectivity index is 3.15. The zero-order valence-electron chi connectivity index (χ0n) is 18.4. The quantitative estimate of drug-likeness (QED) is 0.193. The number of sulfonamides is 1. The van der Waals surface area contributed by atoms with E-state index in [-0.39, 0.29) is 30.4 Å². The number of esters is 1. The lowest BCUT2D eigenvalue weighted by Crippen LogP contribution is -2.42. The summed E-state index contributed by atoms with van der Waals surface area (Å²) in [5.41, 5.74) is 12.4. The maximum absolute atomic E-state index is 13.2. The Morgan fingerprint density at radius 1 is 1.20 bits per heavy atom. The number of methoxy groups -OCH3 is 1. The molecule has 1 rings (SSSR count). The second-order valence-electron chi connectivity index (χ2n) is 7.12. The average Bonchev–Trinajstić information content (AvgIpc) is 2.66. The van der Waals surface area contributed by atoms with Gasteiger partial charge >= 0.3 is 5.97 Å². The molecule has 9 nitrogen and oxygen atoms in total. The molecule has 0 aliphatic carbocycles. The molecule has 170 valence electrons. The number of benzene rings is 1. The zero-order chi connectivity index (χ0) is 22.9. The van der Waals surface area contributed by atoms with Crippen molar-refractivity contribution in [2.75, 3.05) is 20.3 Å². The molecule has 0 saturated carbocycles. The smallest absolute Gasteiger partial charge is 0.324 e. The van der Waals surface area contributed by atoms with Crippen molar-refractivity contribution in [1.29, 1.82) is 0 Å². The van der Waals surface area contributed by atoms with Gasteiger partial charge in [-0.2, -0.15) is 4.72 Å². The first-order valence-electron chi connectivity index (χ1n) is 9.94. The number of carbonyl (C=O) groups excluding carboxylic acids is 1. The van der Waals surface area contributed by atoms with Crippen molar-refractivity contribution in [3.8, 4) is 5.75 Å². The summed E-state index contributed by atoms with van der Waals surface area (Å²) in [6.07, 6.45) is 2.18.